The van der Waals surface area contributed by atoms with Gasteiger partial charge in [-0.25, -0.2) is 0 Å². The van der Waals surface area contributed by atoms with Gasteiger partial charge in [-0.1, -0.05) is 18.2 Å². The molecule has 1 heterocycles. The molecule has 1 aliphatic heterocycles. The van der Waals surface area contributed by atoms with Crippen LogP contribution in [0.3, 0.4) is 0 Å². The van der Waals surface area contributed by atoms with Crippen molar-refractivity contribution in [3.63, 3.8) is 0 Å². The minimum Gasteiger partial charge on any atom is -0.339 e. The summed E-state index contributed by atoms with van der Waals surface area (Å²) in [4.78, 5) is 37.3. The number of amides is 2. The van der Waals surface area contributed by atoms with Crippen molar-refractivity contribution in [3.05, 3.63) is 69.8 Å². The average Bonchev–Trinajstić information content (AvgIpc) is 2.73. The summed E-state index contributed by atoms with van der Waals surface area (Å²) in [6.45, 7) is 1.50. The van der Waals surface area contributed by atoms with Gasteiger partial charge in [0, 0.05) is 30.4 Å². The lowest BCUT2D eigenvalue weighted by Crippen LogP contribution is -2.36. The van der Waals surface area contributed by atoms with Crippen LogP contribution in [0, 0.1) is 10.1 Å². The van der Waals surface area contributed by atoms with Crippen molar-refractivity contribution in [3.8, 4) is 0 Å². The molecule has 0 saturated carbocycles. The molecular weight excluding hydrogens is 392 g/mol. The number of para-hydroxylation sites is 1. The smallest absolute Gasteiger partial charge is 0.282 e. The minimum absolute atomic E-state index is 0.0178. The summed E-state index contributed by atoms with van der Waals surface area (Å²) >= 11 is 5.15. The van der Waals surface area contributed by atoms with Crippen LogP contribution in [0.15, 0.2) is 48.5 Å². The van der Waals surface area contributed by atoms with E-state index in [9.17, 15) is 19.7 Å². The summed E-state index contributed by atoms with van der Waals surface area (Å²) in [5, 5.41) is 16.3. The van der Waals surface area contributed by atoms with Crippen LogP contribution < -0.4 is 10.6 Å². The highest BCUT2D eigenvalue weighted by atomic mass is 32.1. The van der Waals surface area contributed by atoms with E-state index in [1.165, 1.54) is 24.3 Å². The molecule has 2 aromatic carbocycles. The van der Waals surface area contributed by atoms with E-state index in [-0.39, 0.29) is 22.3 Å². The first-order valence-corrected chi connectivity index (χ1v) is 9.61. The van der Waals surface area contributed by atoms with Gasteiger partial charge in [0.05, 0.1) is 4.92 Å². The van der Waals surface area contributed by atoms with Crippen molar-refractivity contribution < 1.29 is 14.5 Å². The van der Waals surface area contributed by atoms with Gasteiger partial charge in [-0.3, -0.25) is 25.0 Å². The van der Waals surface area contributed by atoms with Gasteiger partial charge in [0.2, 0.25) is 0 Å². The van der Waals surface area contributed by atoms with E-state index < -0.39 is 10.8 Å². The number of carbonyl (C=O) groups is 2. The van der Waals surface area contributed by atoms with Gasteiger partial charge >= 0.3 is 0 Å². The molecule has 0 atom stereocenters. The van der Waals surface area contributed by atoms with Gasteiger partial charge in [-0.05, 0) is 55.7 Å². The number of nitrogens with one attached hydrogen (secondary N) is 2. The molecule has 1 aliphatic rings. The molecule has 1 saturated heterocycles. The van der Waals surface area contributed by atoms with E-state index in [2.05, 4.69) is 10.6 Å². The number of nitro benzene ring substituents is 1. The number of nitrogens with zero attached hydrogens (tertiary/aromatic N) is 2. The van der Waals surface area contributed by atoms with Crippen LogP contribution in [-0.2, 0) is 0 Å². The quantitative estimate of drug-likeness (QED) is 0.453. The zero-order valence-electron chi connectivity index (χ0n) is 15.6. The third-order valence-corrected chi connectivity index (χ3v) is 4.79. The highest BCUT2D eigenvalue weighted by Gasteiger charge is 2.21. The second-order valence-electron chi connectivity index (χ2n) is 6.62. The number of carbonyl (C=O) groups excluding carboxylic acids is 2. The lowest BCUT2D eigenvalue weighted by atomic mass is 10.1. The minimum atomic E-state index is -0.685. The monoisotopic (exact) mass is 412 g/mol. The van der Waals surface area contributed by atoms with E-state index in [1.807, 2.05) is 4.90 Å². The first kappa shape index (κ1) is 20.4. The Morgan fingerprint density at radius 3 is 2.48 bits per heavy atom. The third-order valence-electron chi connectivity index (χ3n) is 4.58. The first-order chi connectivity index (χ1) is 14.0. The molecule has 150 valence electrons. The van der Waals surface area contributed by atoms with Crippen LogP contribution >= 0.6 is 12.2 Å². The molecule has 1 fully saturated rings. The number of rotatable bonds is 4. The van der Waals surface area contributed by atoms with E-state index >= 15 is 0 Å². The van der Waals surface area contributed by atoms with E-state index in [0.29, 0.717) is 11.3 Å². The SMILES string of the molecule is O=C(NC(=S)Nc1cccc(C(=O)N2CCCCC2)c1)c1ccccc1[N+](=O)[O-]. The summed E-state index contributed by atoms with van der Waals surface area (Å²) in [6, 6.07) is 12.5. The number of likely N-dealkylation sites (tertiary alicyclic amines) is 1. The van der Waals surface area contributed by atoms with Crippen molar-refractivity contribution in [1.29, 1.82) is 0 Å². The average molecular weight is 412 g/mol. The van der Waals surface area contributed by atoms with Crippen LogP contribution in [0.4, 0.5) is 11.4 Å². The molecular formula is C20H20N4O4S. The van der Waals surface area contributed by atoms with Gasteiger partial charge in [-0.2, -0.15) is 0 Å². The van der Waals surface area contributed by atoms with Gasteiger partial charge < -0.3 is 10.2 Å². The number of piperidine rings is 1. The third kappa shape index (κ3) is 5.14. The lowest BCUT2D eigenvalue weighted by Gasteiger charge is -2.26. The predicted octanol–water partition coefficient (Wildman–Crippen LogP) is 3.35. The zero-order valence-corrected chi connectivity index (χ0v) is 16.4. The maximum absolute atomic E-state index is 12.6. The molecule has 0 bridgehead atoms. The predicted molar refractivity (Wildman–Crippen MR) is 113 cm³/mol. The lowest BCUT2D eigenvalue weighted by molar-refractivity contribution is -0.385. The fraction of sp³-hybridized carbons (Fsp3) is 0.250. The van der Waals surface area contributed by atoms with E-state index in [0.717, 1.165) is 32.4 Å². The van der Waals surface area contributed by atoms with Crippen molar-refractivity contribution in [1.82, 2.24) is 10.2 Å². The summed E-state index contributed by atoms with van der Waals surface area (Å²) in [5.41, 5.74) is 0.683. The van der Waals surface area contributed by atoms with Gasteiger partial charge in [0.15, 0.2) is 5.11 Å². The Morgan fingerprint density at radius 2 is 1.76 bits per heavy atom. The largest absolute Gasteiger partial charge is 0.339 e. The molecule has 0 unspecified atom stereocenters. The molecule has 2 amide bonds. The second-order valence-corrected chi connectivity index (χ2v) is 7.02. The number of hydrogen-bond acceptors (Lipinski definition) is 5. The topological polar surface area (TPSA) is 105 Å². The molecule has 9 heteroatoms. The Labute approximate surface area is 173 Å². The van der Waals surface area contributed by atoms with Gasteiger partial charge in [0.1, 0.15) is 5.56 Å². The Kier molecular flexibility index (Phi) is 6.50. The molecule has 8 nitrogen and oxygen atoms in total. The number of anilines is 1. The van der Waals surface area contributed by atoms with E-state index in [1.54, 1.807) is 24.3 Å². The van der Waals surface area contributed by atoms with E-state index in [4.69, 9.17) is 12.2 Å². The maximum atomic E-state index is 12.6. The Hall–Kier alpha value is -3.33. The second kappa shape index (κ2) is 9.24. The molecule has 2 N–H and O–H groups in total. The number of nitro groups is 1. The maximum Gasteiger partial charge on any atom is 0.282 e. The summed E-state index contributed by atoms with van der Waals surface area (Å²) in [6.07, 6.45) is 3.15. The van der Waals surface area contributed by atoms with Crippen LogP contribution in [-0.4, -0.2) is 39.8 Å². The Bertz CT molecular complexity index is 957. The van der Waals surface area contributed by atoms with Crippen molar-refractivity contribution in [2.45, 2.75) is 19.3 Å². The van der Waals surface area contributed by atoms with Crippen molar-refractivity contribution >= 4 is 40.5 Å². The van der Waals surface area contributed by atoms with Crippen LogP contribution in [0.25, 0.3) is 0 Å². The number of hydrogen-bond donors (Lipinski definition) is 2. The first-order valence-electron chi connectivity index (χ1n) is 9.21. The fourth-order valence-corrected chi connectivity index (χ4v) is 3.38. The molecule has 0 spiro atoms. The molecule has 0 radical (unpaired) electrons. The molecule has 0 aliphatic carbocycles. The Balaban J connectivity index is 1.66. The molecule has 29 heavy (non-hydrogen) atoms. The summed E-state index contributed by atoms with van der Waals surface area (Å²) in [5.74, 6) is -0.724. The number of benzene rings is 2. The normalized spacial score (nSPS) is 13.4. The molecule has 0 aromatic heterocycles. The van der Waals surface area contributed by atoms with Crippen molar-refractivity contribution in [2.75, 3.05) is 18.4 Å². The highest BCUT2D eigenvalue weighted by molar-refractivity contribution is 7.80. The van der Waals surface area contributed by atoms with Crippen LogP contribution in [0.5, 0.6) is 0 Å². The summed E-state index contributed by atoms with van der Waals surface area (Å²) in [7, 11) is 0. The fourth-order valence-electron chi connectivity index (χ4n) is 3.17. The molecule has 2 aromatic rings. The van der Waals surface area contributed by atoms with Crippen molar-refractivity contribution in [2.24, 2.45) is 0 Å². The van der Waals surface area contributed by atoms with Gasteiger partial charge in [0.25, 0.3) is 17.5 Å². The highest BCUT2D eigenvalue weighted by Crippen LogP contribution is 2.18. The standard InChI is InChI=1S/C20H20N4O4S/c25-18(16-9-2-3-10-17(16)24(27)28)22-20(29)21-15-8-6-7-14(13-15)19(26)23-11-4-1-5-12-23/h2-3,6-10,13H,1,4-5,11-12H2,(H2,21,22,25,29). The summed E-state index contributed by atoms with van der Waals surface area (Å²) < 4.78 is 0. The zero-order chi connectivity index (χ0) is 20.8. The van der Waals surface area contributed by atoms with Crippen LogP contribution in [0.1, 0.15) is 40.0 Å². The number of thiocarbonyl (C=S) groups is 1. The Morgan fingerprint density at radius 1 is 1.03 bits per heavy atom. The van der Waals surface area contributed by atoms with Crippen LogP contribution in [0.2, 0.25) is 0 Å². The molecule has 3 rings (SSSR count). The van der Waals surface area contributed by atoms with Gasteiger partial charge in [-0.15, -0.1) is 0 Å².